The van der Waals surface area contributed by atoms with Crippen molar-refractivity contribution in [1.29, 1.82) is 0 Å². The van der Waals surface area contributed by atoms with Crippen LogP contribution in [0.5, 0.6) is 0 Å². The molecule has 0 bridgehead atoms. The van der Waals surface area contributed by atoms with Gasteiger partial charge in [0.25, 0.3) is 0 Å². The summed E-state index contributed by atoms with van der Waals surface area (Å²) in [6.45, 7) is 10.6. The van der Waals surface area contributed by atoms with E-state index in [4.69, 9.17) is 4.74 Å². The van der Waals surface area contributed by atoms with E-state index in [1.807, 2.05) is 20.8 Å². The summed E-state index contributed by atoms with van der Waals surface area (Å²) in [7, 11) is 1.76. The Bertz CT molecular complexity index is 649. The maximum absolute atomic E-state index is 11.9. The molecule has 3 N–H and O–H groups in total. The lowest BCUT2D eigenvalue weighted by Crippen LogP contribution is -2.45. The molecule has 1 amide bonds. The minimum absolute atomic E-state index is 0.0533. The van der Waals surface area contributed by atoms with E-state index in [9.17, 15) is 4.79 Å². The lowest BCUT2D eigenvalue weighted by molar-refractivity contribution is -0.128. The molecule has 1 saturated heterocycles. The van der Waals surface area contributed by atoms with Gasteiger partial charge in [0, 0.05) is 44.6 Å². The fourth-order valence-electron chi connectivity index (χ4n) is 3.25. The summed E-state index contributed by atoms with van der Waals surface area (Å²) >= 11 is 0. The van der Waals surface area contributed by atoms with Gasteiger partial charge in [0.1, 0.15) is 0 Å². The van der Waals surface area contributed by atoms with Crippen molar-refractivity contribution in [3.8, 4) is 0 Å². The summed E-state index contributed by atoms with van der Waals surface area (Å²) in [6.07, 6.45) is 2.33. The van der Waals surface area contributed by atoms with Crippen molar-refractivity contribution in [2.45, 2.75) is 46.6 Å². The molecule has 2 atom stereocenters. The van der Waals surface area contributed by atoms with Gasteiger partial charge in [-0.15, -0.1) is 0 Å². The molecule has 2 rings (SSSR count). The number of nitrogens with one attached hydrogen (secondary N) is 3. The second-order valence-electron chi connectivity index (χ2n) is 8.49. The van der Waals surface area contributed by atoms with Gasteiger partial charge in [0.2, 0.25) is 5.91 Å². The third kappa shape index (κ3) is 6.82. The number of guanidine groups is 1. The first kappa shape index (κ1) is 22.2. The minimum Gasteiger partial charge on any atom is -0.373 e. The Morgan fingerprint density at radius 3 is 2.46 bits per heavy atom. The average molecular weight is 389 g/mol. The lowest BCUT2D eigenvalue weighted by Gasteiger charge is -2.32. The van der Waals surface area contributed by atoms with E-state index in [-0.39, 0.29) is 17.4 Å². The van der Waals surface area contributed by atoms with Crippen LogP contribution in [-0.4, -0.2) is 45.2 Å². The monoisotopic (exact) mass is 388 g/mol. The maximum atomic E-state index is 11.9. The highest BCUT2D eigenvalue weighted by atomic mass is 16.5. The van der Waals surface area contributed by atoms with Gasteiger partial charge in [-0.1, -0.05) is 50.6 Å². The van der Waals surface area contributed by atoms with Crippen LogP contribution in [0.4, 0.5) is 0 Å². The Balaban J connectivity index is 1.80. The topological polar surface area (TPSA) is 74.8 Å². The van der Waals surface area contributed by atoms with E-state index in [2.05, 4.69) is 52.1 Å². The number of hydrogen-bond donors (Lipinski definition) is 3. The second kappa shape index (κ2) is 10.5. The highest BCUT2D eigenvalue weighted by Gasteiger charge is 2.27. The summed E-state index contributed by atoms with van der Waals surface area (Å²) in [6, 6.07) is 8.63. The summed E-state index contributed by atoms with van der Waals surface area (Å²) in [5.41, 5.74) is 2.13. The third-order valence-corrected chi connectivity index (χ3v) is 4.99. The zero-order chi connectivity index (χ0) is 20.6. The van der Waals surface area contributed by atoms with E-state index in [0.29, 0.717) is 19.0 Å². The molecular formula is C22H36N4O2. The number of carbonyl (C=O) groups excluding carboxylic acids is 1. The molecule has 2 unspecified atom stereocenters. The number of rotatable bonds is 6. The van der Waals surface area contributed by atoms with Gasteiger partial charge < -0.3 is 20.7 Å². The SMILES string of the molecule is CN=C(NCCNC(=O)C(C)(C)C)NCC1CCCOC1c1ccc(C)cc1. The molecular weight excluding hydrogens is 352 g/mol. The number of carbonyl (C=O) groups is 1. The van der Waals surface area contributed by atoms with Crippen LogP contribution in [-0.2, 0) is 9.53 Å². The van der Waals surface area contributed by atoms with E-state index in [1.54, 1.807) is 7.05 Å². The van der Waals surface area contributed by atoms with Crippen LogP contribution in [0.2, 0.25) is 0 Å². The van der Waals surface area contributed by atoms with Crippen molar-refractivity contribution in [2.75, 3.05) is 33.3 Å². The largest absolute Gasteiger partial charge is 0.373 e. The molecule has 0 radical (unpaired) electrons. The molecule has 0 saturated carbocycles. The average Bonchev–Trinajstić information content (AvgIpc) is 2.67. The van der Waals surface area contributed by atoms with Gasteiger partial charge in [-0.05, 0) is 25.3 Å². The molecule has 6 nitrogen and oxygen atoms in total. The normalized spacial score (nSPS) is 20.5. The van der Waals surface area contributed by atoms with Gasteiger partial charge in [0.15, 0.2) is 5.96 Å². The highest BCUT2D eigenvalue weighted by Crippen LogP contribution is 2.33. The number of aliphatic imine (C=N–C) groups is 1. The summed E-state index contributed by atoms with van der Waals surface area (Å²) in [5, 5.41) is 9.61. The van der Waals surface area contributed by atoms with Crippen LogP contribution in [0.1, 0.15) is 50.8 Å². The zero-order valence-electron chi connectivity index (χ0n) is 18.0. The number of amides is 1. The number of ether oxygens (including phenoxy) is 1. The van der Waals surface area contributed by atoms with Crippen LogP contribution >= 0.6 is 0 Å². The number of benzene rings is 1. The van der Waals surface area contributed by atoms with Crippen LogP contribution in [0.3, 0.4) is 0 Å². The highest BCUT2D eigenvalue weighted by molar-refractivity contribution is 5.81. The zero-order valence-corrected chi connectivity index (χ0v) is 18.0. The van der Waals surface area contributed by atoms with E-state index in [1.165, 1.54) is 11.1 Å². The smallest absolute Gasteiger partial charge is 0.225 e. The van der Waals surface area contributed by atoms with Crippen LogP contribution in [0, 0.1) is 18.3 Å². The Morgan fingerprint density at radius 1 is 1.14 bits per heavy atom. The van der Waals surface area contributed by atoms with E-state index < -0.39 is 0 Å². The second-order valence-corrected chi connectivity index (χ2v) is 8.49. The first-order valence-corrected chi connectivity index (χ1v) is 10.2. The molecule has 1 heterocycles. The van der Waals surface area contributed by atoms with E-state index in [0.717, 1.165) is 32.0 Å². The molecule has 0 aromatic heterocycles. The summed E-state index contributed by atoms with van der Waals surface area (Å²) in [5.74, 6) is 1.20. The number of aryl methyl sites for hydroxylation is 1. The van der Waals surface area contributed by atoms with Crippen LogP contribution in [0.15, 0.2) is 29.3 Å². The summed E-state index contributed by atoms with van der Waals surface area (Å²) < 4.78 is 6.09. The lowest BCUT2D eigenvalue weighted by atomic mass is 9.89. The predicted octanol–water partition coefficient (Wildman–Crippen LogP) is 2.79. The van der Waals surface area contributed by atoms with Crippen molar-refractivity contribution >= 4 is 11.9 Å². The van der Waals surface area contributed by atoms with Crippen LogP contribution < -0.4 is 16.0 Å². The number of hydrogen-bond acceptors (Lipinski definition) is 3. The van der Waals surface area contributed by atoms with E-state index >= 15 is 0 Å². The minimum atomic E-state index is -0.369. The quantitative estimate of drug-likeness (QED) is 0.398. The number of nitrogens with zero attached hydrogens (tertiary/aromatic N) is 1. The Labute approximate surface area is 169 Å². The molecule has 1 fully saturated rings. The molecule has 156 valence electrons. The van der Waals surface area contributed by atoms with Crippen molar-refractivity contribution < 1.29 is 9.53 Å². The van der Waals surface area contributed by atoms with Crippen molar-refractivity contribution in [3.05, 3.63) is 35.4 Å². The van der Waals surface area contributed by atoms with Crippen molar-refractivity contribution in [2.24, 2.45) is 16.3 Å². The van der Waals surface area contributed by atoms with Gasteiger partial charge >= 0.3 is 0 Å². The molecule has 1 aromatic rings. The molecule has 1 aliphatic heterocycles. The fourth-order valence-corrected chi connectivity index (χ4v) is 3.25. The molecule has 1 aliphatic rings. The first-order chi connectivity index (χ1) is 13.3. The van der Waals surface area contributed by atoms with Gasteiger partial charge in [-0.2, -0.15) is 0 Å². The Hall–Kier alpha value is -2.08. The third-order valence-electron chi connectivity index (χ3n) is 4.99. The van der Waals surface area contributed by atoms with Gasteiger partial charge in [0.05, 0.1) is 6.10 Å². The molecule has 1 aromatic carbocycles. The van der Waals surface area contributed by atoms with Crippen LogP contribution in [0.25, 0.3) is 0 Å². The molecule has 28 heavy (non-hydrogen) atoms. The molecule has 0 aliphatic carbocycles. The fraction of sp³-hybridized carbons (Fsp3) is 0.636. The standard InChI is InChI=1S/C22H36N4O2/c1-16-8-10-17(11-9-16)19-18(7-6-14-28-19)15-26-21(23-5)25-13-12-24-20(27)22(2,3)4/h8-11,18-19H,6-7,12-15H2,1-5H3,(H,24,27)(H2,23,25,26). The van der Waals surface area contributed by atoms with Crippen molar-refractivity contribution in [1.82, 2.24) is 16.0 Å². The molecule has 0 spiro atoms. The predicted molar refractivity (Wildman–Crippen MR) is 114 cm³/mol. The van der Waals surface area contributed by atoms with Gasteiger partial charge in [-0.3, -0.25) is 9.79 Å². The van der Waals surface area contributed by atoms with Crippen molar-refractivity contribution in [3.63, 3.8) is 0 Å². The first-order valence-electron chi connectivity index (χ1n) is 10.2. The molecule has 6 heteroatoms. The Morgan fingerprint density at radius 2 is 1.82 bits per heavy atom. The summed E-state index contributed by atoms with van der Waals surface area (Å²) in [4.78, 5) is 16.2. The Kier molecular flexibility index (Phi) is 8.30. The maximum Gasteiger partial charge on any atom is 0.225 e. The van der Waals surface area contributed by atoms with Gasteiger partial charge in [-0.25, -0.2) is 0 Å².